The highest BCUT2D eigenvalue weighted by molar-refractivity contribution is 7.10. The standard InChI is InChI=1S/C17H26N2OS/c1-12-5-3-4-6-15(12)18-17(20)11-19-9-7-16-14(13(19)2)8-10-21-16/h8,10,12-13,15H,3-7,9,11H2,1-2H3,(H,18,20)/p+1/t12-,13-,15+/m0/s1. The van der Waals surface area contributed by atoms with Crippen LogP contribution in [0.3, 0.4) is 0 Å². The number of amides is 1. The molecule has 2 N–H and O–H groups in total. The molecular formula is C17H27N2OS+. The van der Waals surface area contributed by atoms with Gasteiger partial charge in [0.1, 0.15) is 6.04 Å². The summed E-state index contributed by atoms with van der Waals surface area (Å²) in [5, 5.41) is 5.49. The third-order valence-corrected chi connectivity index (χ3v) is 6.37. The smallest absolute Gasteiger partial charge is 0.275 e. The normalized spacial score (nSPS) is 32.5. The SMILES string of the molecule is C[C@H]1CCCC[C@H]1NC(=O)C[NH+]1CCc2sccc2[C@@H]1C. The van der Waals surface area contributed by atoms with Crippen LogP contribution in [-0.4, -0.2) is 25.0 Å². The number of quaternary nitrogens is 1. The maximum absolute atomic E-state index is 12.4. The van der Waals surface area contributed by atoms with Crippen LogP contribution in [0.4, 0.5) is 0 Å². The zero-order valence-corrected chi connectivity index (χ0v) is 14.0. The maximum atomic E-state index is 12.4. The van der Waals surface area contributed by atoms with Gasteiger partial charge in [-0.05, 0) is 37.1 Å². The molecule has 1 aliphatic carbocycles. The van der Waals surface area contributed by atoms with Crippen LogP contribution in [0.1, 0.15) is 56.0 Å². The third kappa shape index (κ3) is 3.32. The van der Waals surface area contributed by atoms with E-state index in [-0.39, 0.29) is 5.91 Å². The van der Waals surface area contributed by atoms with E-state index in [0.717, 1.165) is 19.4 Å². The molecule has 3 rings (SSSR count). The lowest BCUT2D eigenvalue weighted by molar-refractivity contribution is -0.924. The number of nitrogens with one attached hydrogen (secondary N) is 2. The van der Waals surface area contributed by atoms with Crippen LogP contribution >= 0.6 is 11.3 Å². The fourth-order valence-electron chi connectivity index (χ4n) is 3.89. The summed E-state index contributed by atoms with van der Waals surface area (Å²) in [6.45, 7) is 6.25. The molecule has 0 radical (unpaired) electrons. The molecule has 1 aromatic heterocycles. The molecule has 1 unspecified atom stereocenters. The quantitative estimate of drug-likeness (QED) is 0.879. The van der Waals surface area contributed by atoms with Crippen LogP contribution < -0.4 is 10.2 Å². The summed E-state index contributed by atoms with van der Waals surface area (Å²) in [6.07, 6.45) is 6.13. The highest BCUT2D eigenvalue weighted by Gasteiger charge is 2.31. The van der Waals surface area contributed by atoms with Crippen LogP contribution in [0.15, 0.2) is 11.4 Å². The molecule has 0 saturated heterocycles. The average Bonchev–Trinajstić information content (AvgIpc) is 2.94. The van der Waals surface area contributed by atoms with E-state index in [1.54, 1.807) is 0 Å². The molecule has 3 nitrogen and oxygen atoms in total. The molecule has 1 saturated carbocycles. The highest BCUT2D eigenvalue weighted by atomic mass is 32.1. The van der Waals surface area contributed by atoms with E-state index in [4.69, 9.17) is 0 Å². The first kappa shape index (κ1) is 15.0. The first-order valence-electron chi connectivity index (χ1n) is 8.35. The first-order chi connectivity index (χ1) is 10.1. The molecule has 0 bridgehead atoms. The highest BCUT2D eigenvalue weighted by Crippen LogP contribution is 2.25. The number of fused-ring (bicyclic) bond motifs is 1. The van der Waals surface area contributed by atoms with Crippen molar-refractivity contribution in [1.82, 2.24) is 5.32 Å². The van der Waals surface area contributed by atoms with Crippen molar-refractivity contribution in [2.75, 3.05) is 13.1 Å². The van der Waals surface area contributed by atoms with Gasteiger partial charge in [-0.3, -0.25) is 4.79 Å². The Labute approximate surface area is 131 Å². The lowest BCUT2D eigenvalue weighted by atomic mass is 9.86. The molecule has 0 aromatic carbocycles. The van der Waals surface area contributed by atoms with Crippen LogP contribution in [-0.2, 0) is 11.2 Å². The summed E-state index contributed by atoms with van der Waals surface area (Å²) in [7, 11) is 0. The summed E-state index contributed by atoms with van der Waals surface area (Å²) < 4.78 is 0. The lowest BCUT2D eigenvalue weighted by Crippen LogP contribution is -3.14. The molecule has 1 amide bonds. The average molecular weight is 307 g/mol. The van der Waals surface area contributed by atoms with Crippen molar-refractivity contribution >= 4 is 17.2 Å². The first-order valence-corrected chi connectivity index (χ1v) is 9.23. The second kappa shape index (κ2) is 6.49. The van der Waals surface area contributed by atoms with Crippen molar-refractivity contribution in [2.45, 2.75) is 58.0 Å². The van der Waals surface area contributed by atoms with Gasteiger partial charge in [-0.1, -0.05) is 19.8 Å². The summed E-state index contributed by atoms with van der Waals surface area (Å²) in [5.74, 6) is 0.884. The van der Waals surface area contributed by atoms with Gasteiger partial charge in [-0.25, -0.2) is 0 Å². The zero-order chi connectivity index (χ0) is 14.8. The minimum Gasteiger partial charge on any atom is -0.348 e. The number of carbonyl (C=O) groups excluding carboxylic acids is 1. The Kier molecular flexibility index (Phi) is 4.65. The van der Waals surface area contributed by atoms with Crippen LogP contribution in [0.5, 0.6) is 0 Å². The summed E-state index contributed by atoms with van der Waals surface area (Å²) in [6, 6.07) is 3.10. The van der Waals surface area contributed by atoms with Gasteiger partial charge in [-0.15, -0.1) is 11.3 Å². The van der Waals surface area contributed by atoms with Gasteiger partial charge in [-0.2, -0.15) is 0 Å². The molecule has 21 heavy (non-hydrogen) atoms. The van der Waals surface area contributed by atoms with E-state index >= 15 is 0 Å². The fraction of sp³-hybridized carbons (Fsp3) is 0.706. The van der Waals surface area contributed by atoms with Gasteiger partial charge in [0, 0.05) is 22.9 Å². The maximum Gasteiger partial charge on any atom is 0.275 e. The van der Waals surface area contributed by atoms with Crippen molar-refractivity contribution in [3.8, 4) is 0 Å². The summed E-state index contributed by atoms with van der Waals surface area (Å²) in [5.41, 5.74) is 1.46. The van der Waals surface area contributed by atoms with Crippen molar-refractivity contribution in [2.24, 2.45) is 5.92 Å². The molecule has 1 fully saturated rings. The molecule has 0 spiro atoms. The Morgan fingerprint density at radius 2 is 2.19 bits per heavy atom. The van der Waals surface area contributed by atoms with Crippen molar-refractivity contribution < 1.29 is 9.69 Å². The van der Waals surface area contributed by atoms with Crippen LogP contribution in [0.2, 0.25) is 0 Å². The van der Waals surface area contributed by atoms with Crippen LogP contribution in [0, 0.1) is 5.92 Å². The predicted octanol–water partition coefficient (Wildman–Crippen LogP) is 1.94. The second-order valence-corrected chi connectivity index (χ2v) is 7.79. The summed E-state index contributed by atoms with van der Waals surface area (Å²) >= 11 is 1.86. The molecule has 2 aliphatic rings. The molecule has 4 heteroatoms. The Bertz CT molecular complexity index is 499. The lowest BCUT2D eigenvalue weighted by Gasteiger charge is -2.32. The largest absolute Gasteiger partial charge is 0.348 e. The van der Waals surface area contributed by atoms with E-state index in [1.807, 2.05) is 11.3 Å². The number of rotatable bonds is 3. The minimum atomic E-state index is 0.245. The Balaban J connectivity index is 1.56. The predicted molar refractivity (Wildman–Crippen MR) is 86.7 cm³/mol. The number of carbonyl (C=O) groups is 1. The van der Waals surface area contributed by atoms with Gasteiger partial charge < -0.3 is 10.2 Å². The van der Waals surface area contributed by atoms with E-state index in [1.165, 1.54) is 34.6 Å². The van der Waals surface area contributed by atoms with Gasteiger partial charge >= 0.3 is 0 Å². The molecule has 1 aliphatic heterocycles. The van der Waals surface area contributed by atoms with Crippen LogP contribution in [0.25, 0.3) is 0 Å². The zero-order valence-electron chi connectivity index (χ0n) is 13.2. The monoisotopic (exact) mass is 307 g/mol. The Morgan fingerprint density at radius 1 is 1.38 bits per heavy atom. The topological polar surface area (TPSA) is 33.5 Å². The molecular weight excluding hydrogens is 280 g/mol. The van der Waals surface area contributed by atoms with Gasteiger partial charge in [0.05, 0.1) is 6.54 Å². The van der Waals surface area contributed by atoms with E-state index in [9.17, 15) is 4.79 Å². The molecule has 2 heterocycles. The van der Waals surface area contributed by atoms with E-state index in [0.29, 0.717) is 24.5 Å². The van der Waals surface area contributed by atoms with Gasteiger partial charge in [0.25, 0.3) is 5.91 Å². The molecule has 4 atom stereocenters. The van der Waals surface area contributed by atoms with E-state index < -0.39 is 0 Å². The number of hydrogen-bond acceptors (Lipinski definition) is 2. The van der Waals surface area contributed by atoms with Crippen molar-refractivity contribution in [3.05, 3.63) is 21.9 Å². The molecule has 1 aromatic rings. The van der Waals surface area contributed by atoms with Gasteiger partial charge in [0.2, 0.25) is 0 Å². The summed E-state index contributed by atoms with van der Waals surface area (Å²) in [4.78, 5) is 15.3. The Morgan fingerprint density at radius 3 is 3.00 bits per heavy atom. The van der Waals surface area contributed by atoms with Crippen molar-refractivity contribution in [3.63, 3.8) is 0 Å². The third-order valence-electron chi connectivity index (χ3n) is 5.38. The van der Waals surface area contributed by atoms with E-state index in [2.05, 4.69) is 30.6 Å². The van der Waals surface area contributed by atoms with Crippen molar-refractivity contribution in [1.29, 1.82) is 0 Å². The minimum absolute atomic E-state index is 0.245. The number of hydrogen-bond donors (Lipinski definition) is 2. The number of thiophene rings is 1. The van der Waals surface area contributed by atoms with Gasteiger partial charge in [0.15, 0.2) is 6.54 Å². The second-order valence-electron chi connectivity index (χ2n) is 6.79. The Hall–Kier alpha value is -0.870. The molecule has 116 valence electrons. The fourth-order valence-corrected chi connectivity index (χ4v) is 4.87.